The van der Waals surface area contributed by atoms with Gasteiger partial charge in [0.25, 0.3) is 0 Å². The summed E-state index contributed by atoms with van der Waals surface area (Å²) in [7, 11) is 1.35. The molecule has 5 heteroatoms. The van der Waals surface area contributed by atoms with E-state index in [2.05, 4.69) is 28.2 Å². The van der Waals surface area contributed by atoms with E-state index in [1.807, 2.05) is 12.1 Å². The molecule has 1 N–H and O–H groups in total. The predicted octanol–water partition coefficient (Wildman–Crippen LogP) is 5.09. The zero-order chi connectivity index (χ0) is 17.5. The van der Waals surface area contributed by atoms with Gasteiger partial charge in [0, 0.05) is 6.42 Å². The van der Waals surface area contributed by atoms with Crippen molar-refractivity contribution in [3.63, 3.8) is 0 Å². The molecule has 0 amide bonds. The summed E-state index contributed by atoms with van der Waals surface area (Å²) in [6.45, 7) is 2.19. The van der Waals surface area contributed by atoms with E-state index < -0.39 is 5.97 Å². The van der Waals surface area contributed by atoms with Gasteiger partial charge in [-0.3, -0.25) is 4.79 Å². The summed E-state index contributed by atoms with van der Waals surface area (Å²) in [5.41, 5.74) is 1.75. The molecule has 130 valence electrons. The quantitative estimate of drug-likeness (QED) is 0.517. The molecule has 0 heterocycles. The fourth-order valence-corrected chi connectivity index (χ4v) is 3.44. The van der Waals surface area contributed by atoms with Gasteiger partial charge in [0.05, 0.1) is 28.5 Å². The molecule has 0 saturated carbocycles. The van der Waals surface area contributed by atoms with Crippen molar-refractivity contribution in [2.75, 3.05) is 12.4 Å². The number of ketones is 1. The lowest BCUT2D eigenvalue weighted by molar-refractivity contribution is -0.116. The monoisotopic (exact) mass is 393 g/mol. The Hall–Kier alpha value is -1.62. The van der Waals surface area contributed by atoms with Gasteiger partial charge in [-0.2, -0.15) is 0 Å². The van der Waals surface area contributed by atoms with Crippen LogP contribution in [-0.2, 0) is 9.53 Å². The normalized spacial score (nSPS) is 17.4. The average Bonchev–Trinajstić information content (AvgIpc) is 2.58. The molecule has 0 bridgehead atoms. The molecule has 0 saturated heterocycles. The van der Waals surface area contributed by atoms with E-state index in [4.69, 9.17) is 4.74 Å². The second-order valence-electron chi connectivity index (χ2n) is 6.13. The van der Waals surface area contributed by atoms with E-state index >= 15 is 0 Å². The van der Waals surface area contributed by atoms with Crippen LogP contribution in [0.15, 0.2) is 34.4 Å². The smallest absolute Gasteiger partial charge is 0.339 e. The Morgan fingerprint density at radius 3 is 2.83 bits per heavy atom. The Kier molecular flexibility index (Phi) is 7.03. The van der Waals surface area contributed by atoms with Gasteiger partial charge in [-0.05, 0) is 46.8 Å². The molecule has 1 aliphatic carbocycles. The maximum Gasteiger partial charge on any atom is 0.339 e. The summed E-state index contributed by atoms with van der Waals surface area (Å²) in [5, 5.41) is 3.16. The number of anilines is 1. The van der Waals surface area contributed by atoms with Gasteiger partial charge in [0.2, 0.25) is 0 Å². The number of unbranched alkanes of at least 4 members (excludes halogenated alkanes) is 2. The highest BCUT2D eigenvalue weighted by molar-refractivity contribution is 9.10. The number of nitrogens with one attached hydrogen (secondary N) is 1. The zero-order valence-electron chi connectivity index (χ0n) is 14.2. The summed E-state index contributed by atoms with van der Waals surface area (Å²) in [6, 6.07) is 5.28. The van der Waals surface area contributed by atoms with Crippen LogP contribution in [0.4, 0.5) is 5.69 Å². The number of hydrogen-bond acceptors (Lipinski definition) is 4. The van der Waals surface area contributed by atoms with Gasteiger partial charge in [-0.15, -0.1) is 0 Å². The van der Waals surface area contributed by atoms with Gasteiger partial charge < -0.3 is 10.1 Å². The first-order valence-corrected chi connectivity index (χ1v) is 9.23. The minimum absolute atomic E-state index is 0.137. The second-order valence-corrected chi connectivity index (χ2v) is 6.92. The third-order valence-corrected chi connectivity index (χ3v) is 5.17. The number of carbonyl (C=O) groups excluding carboxylic acids is 2. The molecule has 0 fully saturated rings. The molecule has 24 heavy (non-hydrogen) atoms. The maximum atomic E-state index is 12.4. The molecular formula is C19H24BrNO3. The van der Waals surface area contributed by atoms with Crippen molar-refractivity contribution < 1.29 is 14.3 Å². The number of benzene rings is 1. The molecule has 4 nitrogen and oxygen atoms in total. The van der Waals surface area contributed by atoms with E-state index in [0.717, 1.165) is 12.8 Å². The number of halogens is 1. The van der Waals surface area contributed by atoms with Crippen molar-refractivity contribution in [3.05, 3.63) is 40.0 Å². The molecule has 1 aromatic carbocycles. The van der Waals surface area contributed by atoms with Crippen LogP contribution in [0.1, 0.15) is 55.8 Å². The number of methoxy groups -OCH3 is 1. The number of allylic oxidation sites excluding steroid dienone is 2. The molecule has 1 atom stereocenters. The van der Waals surface area contributed by atoms with Crippen LogP contribution in [0, 0.1) is 5.92 Å². The molecule has 1 aromatic rings. The van der Waals surface area contributed by atoms with Crippen molar-refractivity contribution in [2.45, 2.75) is 45.4 Å². The van der Waals surface area contributed by atoms with Crippen molar-refractivity contribution in [1.82, 2.24) is 0 Å². The molecule has 0 spiro atoms. The Bertz CT molecular complexity index is 639. The summed E-state index contributed by atoms with van der Waals surface area (Å²) < 4.78 is 5.37. The number of hydrogen-bond donors (Lipinski definition) is 1. The highest BCUT2D eigenvalue weighted by atomic mass is 79.9. The maximum absolute atomic E-state index is 12.4. The molecule has 2 rings (SSSR count). The molecule has 0 aromatic heterocycles. The first kappa shape index (κ1) is 18.7. The van der Waals surface area contributed by atoms with Crippen LogP contribution < -0.4 is 5.32 Å². The fourth-order valence-electron chi connectivity index (χ4n) is 2.92. The first-order chi connectivity index (χ1) is 11.6. The van der Waals surface area contributed by atoms with Crippen LogP contribution >= 0.6 is 15.9 Å². The lowest BCUT2D eigenvalue weighted by Crippen LogP contribution is -2.20. The average molecular weight is 394 g/mol. The molecule has 1 unspecified atom stereocenters. The van der Waals surface area contributed by atoms with Gasteiger partial charge in [-0.25, -0.2) is 4.79 Å². The fraction of sp³-hybridized carbons (Fsp3) is 0.474. The Labute approximate surface area is 151 Å². The molecule has 1 aliphatic rings. The van der Waals surface area contributed by atoms with Crippen molar-refractivity contribution in [3.8, 4) is 0 Å². The van der Waals surface area contributed by atoms with Gasteiger partial charge in [0.1, 0.15) is 0 Å². The van der Waals surface area contributed by atoms with Crippen LogP contribution in [0.3, 0.4) is 0 Å². The minimum Gasteiger partial charge on any atom is -0.465 e. The molecule has 0 radical (unpaired) electrons. The van der Waals surface area contributed by atoms with Gasteiger partial charge >= 0.3 is 5.97 Å². The van der Waals surface area contributed by atoms with Crippen molar-refractivity contribution in [1.29, 1.82) is 0 Å². The van der Waals surface area contributed by atoms with Crippen molar-refractivity contribution in [2.24, 2.45) is 5.92 Å². The molecule has 0 aliphatic heterocycles. The van der Waals surface area contributed by atoms with Crippen LogP contribution in [0.5, 0.6) is 0 Å². The topological polar surface area (TPSA) is 55.4 Å². The predicted molar refractivity (Wildman–Crippen MR) is 99.1 cm³/mol. The van der Waals surface area contributed by atoms with E-state index in [1.165, 1.54) is 26.4 Å². The highest BCUT2D eigenvalue weighted by Crippen LogP contribution is 2.31. The molecular weight excluding hydrogens is 370 g/mol. The third-order valence-electron chi connectivity index (χ3n) is 4.32. The number of ether oxygens (including phenoxy) is 1. The van der Waals surface area contributed by atoms with Gasteiger partial charge in [-0.1, -0.05) is 38.3 Å². The van der Waals surface area contributed by atoms with Crippen LogP contribution in [0.2, 0.25) is 0 Å². The Morgan fingerprint density at radius 1 is 1.38 bits per heavy atom. The summed E-state index contributed by atoms with van der Waals surface area (Å²) in [5.74, 6) is 0.183. The number of carbonyl (C=O) groups is 2. The van der Waals surface area contributed by atoms with Crippen LogP contribution in [-0.4, -0.2) is 18.9 Å². The Morgan fingerprint density at radius 2 is 2.17 bits per heavy atom. The largest absolute Gasteiger partial charge is 0.465 e. The van der Waals surface area contributed by atoms with E-state index in [1.54, 1.807) is 12.1 Å². The summed E-state index contributed by atoms with van der Waals surface area (Å²) in [4.78, 5) is 24.1. The highest BCUT2D eigenvalue weighted by Gasteiger charge is 2.23. The second kappa shape index (κ2) is 9.02. The lowest BCUT2D eigenvalue weighted by atomic mass is 9.87. The number of Topliss-reactive ketones (excluding diaryl/α,β-unsaturated/α-hetero) is 1. The lowest BCUT2D eigenvalue weighted by Gasteiger charge is -2.22. The van der Waals surface area contributed by atoms with E-state index in [9.17, 15) is 9.59 Å². The van der Waals surface area contributed by atoms with E-state index in [0.29, 0.717) is 33.8 Å². The first-order valence-electron chi connectivity index (χ1n) is 8.44. The number of rotatable bonds is 7. The summed E-state index contributed by atoms with van der Waals surface area (Å²) in [6.07, 6.45) is 8.24. The van der Waals surface area contributed by atoms with Crippen LogP contribution in [0.25, 0.3) is 0 Å². The third kappa shape index (κ3) is 4.69. The standard InChI is InChI=1S/C19H24BrNO3/c1-3-4-5-7-13-10-11-15(17(22)12-13)21-16-9-6-8-14(18(16)20)19(23)24-2/h6,8-9,11,13,21H,3-5,7,10,12H2,1-2H3. The van der Waals surface area contributed by atoms with Crippen molar-refractivity contribution >= 4 is 33.4 Å². The van der Waals surface area contributed by atoms with Gasteiger partial charge in [0.15, 0.2) is 5.78 Å². The summed E-state index contributed by atoms with van der Waals surface area (Å²) >= 11 is 3.42. The Balaban J connectivity index is 2.06. The number of esters is 1. The SMILES string of the molecule is CCCCCC1CC=C(Nc2cccc(C(=O)OC)c2Br)C(=O)C1. The minimum atomic E-state index is -0.412. The van der Waals surface area contributed by atoms with E-state index in [-0.39, 0.29) is 5.78 Å². The zero-order valence-corrected chi connectivity index (χ0v) is 15.8.